The van der Waals surface area contributed by atoms with Gasteiger partial charge in [-0.25, -0.2) is 9.97 Å². The Hall–Kier alpha value is -3.88. The van der Waals surface area contributed by atoms with E-state index in [1.165, 1.54) is 24.5 Å². The van der Waals surface area contributed by atoms with Crippen LogP contribution in [0.5, 0.6) is 0 Å². The number of nitrogens with zero attached hydrogens (tertiary/aromatic N) is 4. The minimum absolute atomic E-state index is 0.0771. The first-order valence-electron chi connectivity index (χ1n) is 7.01. The summed E-state index contributed by atoms with van der Waals surface area (Å²) in [4.78, 5) is 32.6. The van der Waals surface area contributed by atoms with Gasteiger partial charge >= 0.3 is 0 Å². The number of nitrogen functional groups attached to an aromatic ring is 2. The van der Waals surface area contributed by atoms with E-state index in [1.54, 1.807) is 30.3 Å². The number of hydrogen-bond acceptors (Lipinski definition) is 8. The number of non-ortho nitro benzene ring substituents is 1. The van der Waals surface area contributed by atoms with E-state index < -0.39 is 4.92 Å². The molecule has 126 valence electrons. The van der Waals surface area contributed by atoms with Crippen molar-refractivity contribution in [2.45, 2.75) is 0 Å². The second kappa shape index (κ2) is 8.11. The number of ketones is 1. The van der Waals surface area contributed by atoms with E-state index in [0.29, 0.717) is 11.1 Å². The minimum atomic E-state index is -0.512. The lowest BCUT2D eigenvalue weighted by atomic mass is 10.0. The van der Waals surface area contributed by atoms with E-state index in [-0.39, 0.29) is 23.4 Å². The maximum absolute atomic E-state index is 12.0. The Bertz CT molecular complexity index is 869. The summed E-state index contributed by atoms with van der Waals surface area (Å²) in [7, 11) is 0. The minimum Gasteiger partial charge on any atom is -0.368 e. The van der Waals surface area contributed by atoms with Crippen molar-refractivity contribution in [2.24, 2.45) is 0 Å². The number of carbonyl (C=O) groups excluding carboxylic acids is 1. The predicted octanol–water partition coefficient (Wildman–Crippen LogP) is 1.86. The van der Waals surface area contributed by atoms with Crippen LogP contribution in [0.2, 0.25) is 0 Å². The highest BCUT2D eigenvalue weighted by atomic mass is 16.6. The van der Waals surface area contributed by atoms with Crippen molar-refractivity contribution >= 4 is 23.4 Å². The molecule has 0 aliphatic heterocycles. The molecule has 9 nitrogen and oxygen atoms in total. The van der Waals surface area contributed by atoms with E-state index in [0.717, 1.165) is 0 Å². The molecule has 0 saturated carbocycles. The maximum atomic E-state index is 12.0. The average molecular weight is 338 g/mol. The fourth-order valence-corrected chi connectivity index (χ4v) is 1.84. The van der Waals surface area contributed by atoms with E-state index in [1.807, 2.05) is 6.07 Å². The molecule has 3 rings (SSSR count). The summed E-state index contributed by atoms with van der Waals surface area (Å²) >= 11 is 0. The van der Waals surface area contributed by atoms with E-state index in [9.17, 15) is 14.9 Å². The first kappa shape index (κ1) is 17.5. The Labute approximate surface area is 142 Å². The van der Waals surface area contributed by atoms with Crippen molar-refractivity contribution in [3.8, 4) is 0 Å². The number of benzene rings is 2. The zero-order valence-electron chi connectivity index (χ0n) is 12.9. The van der Waals surface area contributed by atoms with Crippen molar-refractivity contribution in [3.05, 3.63) is 82.2 Å². The van der Waals surface area contributed by atoms with Gasteiger partial charge in [0.15, 0.2) is 5.78 Å². The summed E-state index contributed by atoms with van der Waals surface area (Å²) in [5.41, 5.74) is 11.0. The Morgan fingerprint density at radius 1 is 0.920 bits per heavy atom. The highest BCUT2D eigenvalue weighted by molar-refractivity contribution is 6.09. The monoisotopic (exact) mass is 338 g/mol. The second-order valence-electron chi connectivity index (χ2n) is 4.70. The molecular formula is C16H14N6O3. The van der Waals surface area contributed by atoms with Crippen LogP contribution in [0.3, 0.4) is 0 Å². The van der Waals surface area contributed by atoms with E-state index in [4.69, 9.17) is 11.5 Å². The van der Waals surface area contributed by atoms with Gasteiger partial charge in [-0.05, 0) is 0 Å². The van der Waals surface area contributed by atoms with Crippen molar-refractivity contribution in [3.63, 3.8) is 0 Å². The molecule has 1 aromatic heterocycles. The third kappa shape index (κ3) is 5.06. The van der Waals surface area contributed by atoms with Gasteiger partial charge in [0.25, 0.3) is 5.69 Å². The molecule has 0 bridgehead atoms. The molecule has 0 radical (unpaired) electrons. The fourth-order valence-electron chi connectivity index (χ4n) is 1.84. The molecule has 0 saturated heterocycles. The Morgan fingerprint density at radius 2 is 1.52 bits per heavy atom. The summed E-state index contributed by atoms with van der Waals surface area (Å²) < 4.78 is 0. The number of anilines is 2. The third-order valence-electron chi connectivity index (χ3n) is 2.96. The lowest BCUT2D eigenvalue weighted by molar-refractivity contribution is -0.384. The SMILES string of the molecule is Nc1ncnc(N)n1.O=C(c1ccccc1)c1cccc([N+](=O)[O-])c1. The van der Waals surface area contributed by atoms with Gasteiger partial charge in [-0.1, -0.05) is 42.5 Å². The summed E-state index contributed by atoms with van der Waals surface area (Å²) in [6, 6.07) is 14.4. The van der Waals surface area contributed by atoms with Gasteiger partial charge in [0.1, 0.15) is 6.33 Å². The van der Waals surface area contributed by atoms with Gasteiger partial charge < -0.3 is 11.5 Å². The lowest BCUT2D eigenvalue weighted by Gasteiger charge is -2.00. The summed E-state index contributed by atoms with van der Waals surface area (Å²) in [5.74, 6) is 0.0873. The van der Waals surface area contributed by atoms with Crippen LogP contribution in [0.1, 0.15) is 15.9 Å². The maximum Gasteiger partial charge on any atom is 0.270 e. The van der Waals surface area contributed by atoms with E-state index in [2.05, 4.69) is 15.0 Å². The number of nitro benzene ring substituents is 1. The number of carbonyl (C=O) groups is 1. The summed E-state index contributed by atoms with van der Waals surface area (Å²) in [6.07, 6.45) is 1.26. The lowest BCUT2D eigenvalue weighted by Crippen LogP contribution is -2.01. The van der Waals surface area contributed by atoms with Gasteiger partial charge in [-0.15, -0.1) is 0 Å². The van der Waals surface area contributed by atoms with E-state index >= 15 is 0 Å². The van der Waals surface area contributed by atoms with Crippen LogP contribution in [0, 0.1) is 10.1 Å². The molecule has 3 aromatic rings. The topological polar surface area (TPSA) is 151 Å². The molecule has 0 spiro atoms. The first-order valence-corrected chi connectivity index (χ1v) is 7.01. The van der Waals surface area contributed by atoms with Crippen LogP contribution in [0.15, 0.2) is 60.9 Å². The molecule has 0 unspecified atom stereocenters. The number of nitro groups is 1. The quantitative estimate of drug-likeness (QED) is 0.417. The number of aromatic nitrogens is 3. The normalized spacial score (nSPS) is 9.60. The van der Waals surface area contributed by atoms with Crippen LogP contribution in [-0.2, 0) is 0 Å². The Kier molecular flexibility index (Phi) is 5.67. The molecule has 25 heavy (non-hydrogen) atoms. The van der Waals surface area contributed by atoms with Gasteiger partial charge in [0.05, 0.1) is 4.92 Å². The third-order valence-corrected chi connectivity index (χ3v) is 2.96. The second-order valence-corrected chi connectivity index (χ2v) is 4.70. The molecule has 0 amide bonds. The zero-order valence-corrected chi connectivity index (χ0v) is 12.9. The molecule has 1 heterocycles. The predicted molar refractivity (Wildman–Crippen MR) is 91.6 cm³/mol. The van der Waals surface area contributed by atoms with Gasteiger partial charge in [-0.2, -0.15) is 4.98 Å². The molecule has 9 heteroatoms. The number of hydrogen-bond donors (Lipinski definition) is 2. The van der Waals surface area contributed by atoms with Crippen molar-refractivity contribution in [1.29, 1.82) is 0 Å². The van der Waals surface area contributed by atoms with Crippen LogP contribution in [0.4, 0.5) is 17.6 Å². The molecule has 2 aromatic carbocycles. The zero-order chi connectivity index (χ0) is 18.2. The molecule has 0 atom stereocenters. The summed E-state index contributed by atoms with van der Waals surface area (Å²) in [5, 5.41) is 10.6. The fraction of sp³-hybridized carbons (Fsp3) is 0. The van der Waals surface area contributed by atoms with Gasteiger partial charge in [0, 0.05) is 23.3 Å². The smallest absolute Gasteiger partial charge is 0.270 e. The Morgan fingerprint density at radius 3 is 2.04 bits per heavy atom. The number of nitrogens with two attached hydrogens (primary N) is 2. The van der Waals surface area contributed by atoms with Crippen LogP contribution >= 0.6 is 0 Å². The highest BCUT2D eigenvalue weighted by Crippen LogP contribution is 2.16. The van der Waals surface area contributed by atoms with Gasteiger partial charge in [0.2, 0.25) is 11.9 Å². The van der Waals surface area contributed by atoms with Crippen molar-refractivity contribution < 1.29 is 9.72 Å². The average Bonchev–Trinajstić information content (AvgIpc) is 2.62. The Balaban J connectivity index is 0.000000236. The highest BCUT2D eigenvalue weighted by Gasteiger charge is 2.12. The largest absolute Gasteiger partial charge is 0.368 e. The summed E-state index contributed by atoms with van der Waals surface area (Å²) in [6.45, 7) is 0. The van der Waals surface area contributed by atoms with Crippen LogP contribution in [-0.4, -0.2) is 25.7 Å². The molecular weight excluding hydrogens is 324 g/mol. The molecule has 4 N–H and O–H groups in total. The van der Waals surface area contributed by atoms with Crippen molar-refractivity contribution in [1.82, 2.24) is 15.0 Å². The first-order chi connectivity index (χ1) is 12.0. The van der Waals surface area contributed by atoms with Crippen LogP contribution in [0.25, 0.3) is 0 Å². The van der Waals surface area contributed by atoms with Crippen LogP contribution < -0.4 is 11.5 Å². The van der Waals surface area contributed by atoms with Crippen molar-refractivity contribution in [2.75, 3.05) is 11.5 Å². The van der Waals surface area contributed by atoms with Gasteiger partial charge in [-0.3, -0.25) is 14.9 Å². The molecule has 0 aliphatic carbocycles. The number of rotatable bonds is 3. The molecule has 0 fully saturated rings. The standard InChI is InChI=1S/C13H9NO3.C3H5N5/c15-13(10-5-2-1-3-6-10)11-7-4-8-12(9-11)14(16)17;4-2-6-1-7-3(5)8-2/h1-9H;1H,(H4,4,5,6,7,8). The molecule has 0 aliphatic rings.